The van der Waals surface area contributed by atoms with E-state index < -0.39 is 5.97 Å². The third-order valence-electron chi connectivity index (χ3n) is 2.53. The molecule has 6 heteroatoms. The number of carbonyl (C=O) groups is 2. The Morgan fingerprint density at radius 2 is 2.16 bits per heavy atom. The summed E-state index contributed by atoms with van der Waals surface area (Å²) < 4.78 is 14.7. The van der Waals surface area contributed by atoms with Crippen LogP contribution in [-0.2, 0) is 14.3 Å². The first-order valence-electron chi connectivity index (χ1n) is 6.15. The quantitative estimate of drug-likeness (QED) is 0.759. The monoisotopic (exact) mass is 269 g/mol. The van der Waals surface area contributed by atoms with Crippen LogP contribution in [0.4, 0.5) is 0 Å². The Bertz CT molecular complexity index is 426. The van der Waals surface area contributed by atoms with Crippen LogP contribution in [0, 0.1) is 0 Å². The summed E-state index contributed by atoms with van der Waals surface area (Å²) >= 11 is 0. The number of ether oxygens (including phenoxy) is 2. The molecule has 6 nitrogen and oxygen atoms in total. The Morgan fingerprint density at radius 1 is 1.42 bits per heavy atom. The van der Waals surface area contributed by atoms with E-state index in [0.29, 0.717) is 25.3 Å². The summed E-state index contributed by atoms with van der Waals surface area (Å²) in [6.07, 6.45) is 0.294. The van der Waals surface area contributed by atoms with E-state index in [2.05, 4.69) is 10.1 Å². The number of hydrogen-bond acceptors (Lipinski definition) is 6. The fraction of sp³-hybridized carbons (Fsp3) is 0.538. The van der Waals surface area contributed by atoms with Crippen LogP contribution < -0.4 is 5.32 Å². The van der Waals surface area contributed by atoms with E-state index in [-0.39, 0.29) is 17.8 Å². The highest BCUT2D eigenvalue weighted by molar-refractivity contribution is 5.86. The number of nitrogens with one attached hydrogen (secondary N) is 1. The van der Waals surface area contributed by atoms with Gasteiger partial charge in [-0.25, -0.2) is 4.79 Å². The summed E-state index contributed by atoms with van der Waals surface area (Å²) in [5.74, 6) is 0.0302. The van der Waals surface area contributed by atoms with Gasteiger partial charge in [0.25, 0.3) is 0 Å². The maximum atomic E-state index is 11.2. The number of furan rings is 1. The second kappa shape index (κ2) is 7.58. The van der Waals surface area contributed by atoms with E-state index in [0.717, 1.165) is 0 Å². The summed E-state index contributed by atoms with van der Waals surface area (Å²) in [5.41, 5.74) is 0. The van der Waals surface area contributed by atoms with Gasteiger partial charge in [0.2, 0.25) is 5.76 Å². The highest BCUT2D eigenvalue weighted by atomic mass is 16.5. The van der Waals surface area contributed by atoms with Crippen LogP contribution in [0.15, 0.2) is 16.5 Å². The Morgan fingerprint density at radius 3 is 2.79 bits per heavy atom. The topological polar surface area (TPSA) is 77.8 Å². The normalized spacial score (nSPS) is 11.9. The first-order valence-corrected chi connectivity index (χ1v) is 6.15. The van der Waals surface area contributed by atoms with E-state index in [1.54, 1.807) is 19.1 Å². The van der Waals surface area contributed by atoms with Crippen molar-refractivity contribution in [2.75, 3.05) is 20.3 Å². The molecule has 0 aliphatic carbocycles. The van der Waals surface area contributed by atoms with Crippen molar-refractivity contribution in [2.45, 2.75) is 26.3 Å². The van der Waals surface area contributed by atoms with Gasteiger partial charge in [-0.15, -0.1) is 0 Å². The van der Waals surface area contributed by atoms with Crippen LogP contribution in [0.1, 0.15) is 42.6 Å². The third kappa shape index (κ3) is 4.75. The molecule has 0 saturated heterocycles. The molecule has 0 radical (unpaired) electrons. The zero-order valence-electron chi connectivity index (χ0n) is 11.4. The van der Waals surface area contributed by atoms with E-state index in [1.807, 2.05) is 6.92 Å². The van der Waals surface area contributed by atoms with Crippen LogP contribution in [0.3, 0.4) is 0 Å². The summed E-state index contributed by atoms with van der Waals surface area (Å²) in [7, 11) is 1.30. The number of rotatable bonds is 7. The largest absolute Gasteiger partial charge is 0.466 e. The Hall–Kier alpha value is -1.82. The van der Waals surface area contributed by atoms with Gasteiger partial charge in [-0.2, -0.15) is 0 Å². The molecular formula is C13H19NO5. The molecule has 1 aromatic heterocycles. The minimum Gasteiger partial charge on any atom is -0.466 e. The number of hydrogen-bond donors (Lipinski definition) is 1. The van der Waals surface area contributed by atoms with Gasteiger partial charge < -0.3 is 19.2 Å². The smallest absolute Gasteiger partial charge is 0.373 e. The summed E-state index contributed by atoms with van der Waals surface area (Å²) in [4.78, 5) is 22.4. The van der Waals surface area contributed by atoms with Crippen LogP contribution in [-0.4, -0.2) is 32.2 Å². The van der Waals surface area contributed by atoms with Gasteiger partial charge in [0, 0.05) is 6.54 Å². The standard InChI is InChI=1S/C13H19NO5/c1-4-18-12(15)7-8-14-9(2)10-5-6-11(19-10)13(16)17-3/h5-6,9,14H,4,7-8H2,1-3H3. The molecule has 0 bridgehead atoms. The average Bonchev–Trinajstić information content (AvgIpc) is 2.87. The molecule has 0 aromatic carbocycles. The van der Waals surface area contributed by atoms with Crippen LogP contribution in [0.25, 0.3) is 0 Å². The molecule has 0 fully saturated rings. The lowest BCUT2D eigenvalue weighted by Gasteiger charge is -2.10. The molecule has 1 heterocycles. The maximum absolute atomic E-state index is 11.2. The first-order chi connectivity index (χ1) is 9.08. The van der Waals surface area contributed by atoms with Crippen molar-refractivity contribution in [3.63, 3.8) is 0 Å². The molecule has 19 heavy (non-hydrogen) atoms. The third-order valence-corrected chi connectivity index (χ3v) is 2.53. The van der Waals surface area contributed by atoms with Gasteiger partial charge in [0.05, 0.1) is 26.2 Å². The summed E-state index contributed by atoms with van der Waals surface area (Å²) in [5, 5.41) is 3.11. The average molecular weight is 269 g/mol. The Kier molecular flexibility index (Phi) is 6.08. The van der Waals surface area contributed by atoms with Crippen molar-refractivity contribution >= 4 is 11.9 Å². The molecular weight excluding hydrogens is 250 g/mol. The molecule has 0 aliphatic heterocycles. The maximum Gasteiger partial charge on any atom is 0.373 e. The fourth-order valence-corrected chi connectivity index (χ4v) is 1.52. The van der Waals surface area contributed by atoms with E-state index in [9.17, 15) is 9.59 Å². The SMILES string of the molecule is CCOC(=O)CCNC(C)c1ccc(C(=O)OC)o1. The molecule has 0 amide bonds. The Balaban J connectivity index is 2.41. The summed E-state index contributed by atoms with van der Waals surface area (Å²) in [6, 6.07) is 3.16. The van der Waals surface area contributed by atoms with Crippen molar-refractivity contribution in [2.24, 2.45) is 0 Å². The first kappa shape index (κ1) is 15.2. The van der Waals surface area contributed by atoms with Crippen molar-refractivity contribution in [3.8, 4) is 0 Å². The second-order valence-corrected chi connectivity index (χ2v) is 3.92. The number of esters is 2. The predicted octanol–water partition coefficient (Wildman–Crippen LogP) is 1.67. The second-order valence-electron chi connectivity index (χ2n) is 3.92. The minimum absolute atomic E-state index is 0.104. The van der Waals surface area contributed by atoms with Crippen LogP contribution in [0.2, 0.25) is 0 Å². The van der Waals surface area contributed by atoms with E-state index in [1.165, 1.54) is 7.11 Å². The van der Waals surface area contributed by atoms with Crippen molar-refractivity contribution in [1.82, 2.24) is 5.32 Å². The highest BCUT2D eigenvalue weighted by Crippen LogP contribution is 2.16. The van der Waals surface area contributed by atoms with Crippen LogP contribution in [0.5, 0.6) is 0 Å². The molecule has 1 rings (SSSR count). The van der Waals surface area contributed by atoms with Crippen molar-refractivity contribution in [3.05, 3.63) is 23.7 Å². The lowest BCUT2D eigenvalue weighted by Crippen LogP contribution is -2.22. The van der Waals surface area contributed by atoms with Gasteiger partial charge in [-0.3, -0.25) is 4.79 Å². The van der Waals surface area contributed by atoms with Gasteiger partial charge in [0.1, 0.15) is 5.76 Å². The molecule has 0 aliphatic rings. The molecule has 106 valence electrons. The minimum atomic E-state index is -0.509. The van der Waals surface area contributed by atoms with E-state index >= 15 is 0 Å². The van der Waals surface area contributed by atoms with Crippen LogP contribution >= 0.6 is 0 Å². The van der Waals surface area contributed by atoms with E-state index in [4.69, 9.17) is 9.15 Å². The van der Waals surface area contributed by atoms with Crippen molar-refractivity contribution in [1.29, 1.82) is 0 Å². The lowest BCUT2D eigenvalue weighted by atomic mass is 10.2. The zero-order valence-corrected chi connectivity index (χ0v) is 11.4. The molecule has 0 saturated carbocycles. The summed E-state index contributed by atoms with van der Waals surface area (Å²) in [6.45, 7) is 4.51. The van der Waals surface area contributed by atoms with Gasteiger partial charge in [-0.05, 0) is 26.0 Å². The van der Waals surface area contributed by atoms with Gasteiger partial charge >= 0.3 is 11.9 Å². The Labute approximate surface area is 112 Å². The number of methoxy groups -OCH3 is 1. The van der Waals surface area contributed by atoms with Gasteiger partial charge in [-0.1, -0.05) is 0 Å². The fourth-order valence-electron chi connectivity index (χ4n) is 1.52. The molecule has 1 N–H and O–H groups in total. The van der Waals surface area contributed by atoms with Crippen molar-refractivity contribution < 1.29 is 23.5 Å². The molecule has 0 spiro atoms. The molecule has 1 aromatic rings. The molecule has 1 atom stereocenters. The van der Waals surface area contributed by atoms with Gasteiger partial charge in [0.15, 0.2) is 0 Å². The lowest BCUT2D eigenvalue weighted by molar-refractivity contribution is -0.143. The zero-order chi connectivity index (χ0) is 14.3. The molecule has 1 unspecified atom stereocenters. The highest BCUT2D eigenvalue weighted by Gasteiger charge is 2.15. The number of carbonyl (C=O) groups excluding carboxylic acids is 2. The predicted molar refractivity (Wildman–Crippen MR) is 67.7 cm³/mol.